The van der Waals surface area contributed by atoms with Gasteiger partial charge < -0.3 is 0 Å². The van der Waals surface area contributed by atoms with Crippen LogP contribution in [0.5, 0.6) is 0 Å². The van der Waals surface area contributed by atoms with Crippen LogP contribution in [0.15, 0.2) is 54.6 Å². The molecule has 0 saturated heterocycles. The number of carbonyl (C=O) groups excluding carboxylic acids is 4. The minimum atomic E-state index is -0.412. The van der Waals surface area contributed by atoms with Crippen molar-refractivity contribution in [3.8, 4) is 0 Å². The molecule has 3 aromatic rings. The van der Waals surface area contributed by atoms with Crippen molar-refractivity contribution in [2.24, 2.45) is 0 Å². The van der Waals surface area contributed by atoms with E-state index in [9.17, 15) is 19.2 Å². The molecule has 2 heterocycles. The third kappa shape index (κ3) is 2.94. The second-order valence-electron chi connectivity index (χ2n) is 8.84. The van der Waals surface area contributed by atoms with Crippen LogP contribution in [0.2, 0.25) is 0 Å². The molecule has 0 spiro atoms. The van der Waals surface area contributed by atoms with Crippen LogP contribution in [-0.4, -0.2) is 39.5 Å². The average molecular weight is 455 g/mol. The quantitative estimate of drug-likeness (QED) is 0.469. The maximum absolute atomic E-state index is 13.7. The van der Waals surface area contributed by atoms with Crippen molar-refractivity contribution in [2.45, 2.75) is 52.1 Å². The predicted molar refractivity (Wildman–Crippen MR) is 129 cm³/mol. The Morgan fingerprint density at radius 2 is 0.971 bits per heavy atom. The van der Waals surface area contributed by atoms with Crippen LogP contribution in [0.3, 0.4) is 0 Å². The second kappa shape index (κ2) is 8.20. The molecule has 6 heteroatoms. The van der Waals surface area contributed by atoms with Crippen LogP contribution in [0.1, 0.15) is 93.1 Å². The Morgan fingerprint density at radius 3 is 1.35 bits per heavy atom. The molecule has 172 valence electrons. The molecule has 5 rings (SSSR count). The van der Waals surface area contributed by atoms with Gasteiger partial charge in [0, 0.05) is 39.1 Å². The van der Waals surface area contributed by atoms with E-state index in [2.05, 4.69) is 0 Å². The van der Waals surface area contributed by atoms with Crippen LogP contribution < -0.4 is 0 Å². The van der Waals surface area contributed by atoms with Crippen LogP contribution >= 0.6 is 0 Å². The Morgan fingerprint density at radius 1 is 0.559 bits per heavy atom. The first-order chi connectivity index (χ1) is 16.4. The van der Waals surface area contributed by atoms with E-state index in [1.165, 1.54) is 9.80 Å². The van der Waals surface area contributed by atoms with Crippen molar-refractivity contribution in [3.63, 3.8) is 0 Å². The molecule has 0 saturated carbocycles. The lowest BCUT2D eigenvalue weighted by molar-refractivity contribution is 0.0509. The molecule has 1 unspecified atom stereocenters. The fraction of sp³-hybridized carbons (Fsp3) is 0.286. The number of benzene rings is 3. The molecule has 1 atom stereocenters. The van der Waals surface area contributed by atoms with E-state index in [0.717, 1.165) is 5.56 Å². The molecule has 0 aromatic heterocycles. The van der Waals surface area contributed by atoms with E-state index < -0.39 is 17.9 Å². The van der Waals surface area contributed by atoms with Gasteiger partial charge in [0.25, 0.3) is 23.6 Å². The van der Waals surface area contributed by atoms with Gasteiger partial charge in [-0.05, 0) is 49.1 Å². The van der Waals surface area contributed by atoms with Gasteiger partial charge in [0.2, 0.25) is 0 Å². The zero-order valence-corrected chi connectivity index (χ0v) is 19.5. The van der Waals surface area contributed by atoms with E-state index in [4.69, 9.17) is 0 Å². The summed E-state index contributed by atoms with van der Waals surface area (Å²) in [5.74, 6) is -1.54. The highest BCUT2D eigenvalue weighted by Crippen LogP contribution is 2.41. The molecule has 4 amide bonds. The lowest BCUT2D eigenvalue weighted by Crippen LogP contribution is -2.47. The molecular weight excluding hydrogens is 428 g/mol. The number of carbonyl (C=O) groups is 4. The standard InChI is InChI=1S/C28H26N2O4/c1-4-17(5-2)29-25(31)18-12-14-20-24-21(15-13-19(23(18)24)26(29)32)28(34)30(27(20)33)22(6-3)16-10-8-7-9-11-16/h7-15,17,22H,4-6H2,1-3H3. The molecule has 0 N–H and O–H groups in total. The molecule has 0 fully saturated rings. The highest BCUT2D eigenvalue weighted by molar-refractivity contribution is 6.33. The third-order valence-corrected chi connectivity index (χ3v) is 7.15. The maximum Gasteiger partial charge on any atom is 0.261 e. The zero-order chi connectivity index (χ0) is 24.1. The second-order valence-corrected chi connectivity index (χ2v) is 8.84. The Balaban J connectivity index is 1.70. The fourth-order valence-corrected chi connectivity index (χ4v) is 5.42. The van der Waals surface area contributed by atoms with Gasteiger partial charge in [0.15, 0.2) is 0 Å². The Labute approximate surface area is 198 Å². The van der Waals surface area contributed by atoms with Crippen LogP contribution in [0.4, 0.5) is 0 Å². The number of amides is 4. The molecule has 0 aliphatic carbocycles. The van der Waals surface area contributed by atoms with Gasteiger partial charge in [-0.25, -0.2) is 0 Å². The van der Waals surface area contributed by atoms with E-state index in [0.29, 0.717) is 52.3 Å². The molecule has 0 radical (unpaired) electrons. The fourth-order valence-electron chi connectivity index (χ4n) is 5.42. The number of hydrogen-bond donors (Lipinski definition) is 0. The summed E-state index contributed by atoms with van der Waals surface area (Å²) in [7, 11) is 0. The summed E-state index contributed by atoms with van der Waals surface area (Å²) in [4.78, 5) is 56.8. The van der Waals surface area contributed by atoms with Gasteiger partial charge in [-0.3, -0.25) is 29.0 Å². The number of hydrogen-bond acceptors (Lipinski definition) is 4. The van der Waals surface area contributed by atoms with Gasteiger partial charge in [0.1, 0.15) is 0 Å². The SMILES string of the molecule is CCC(CC)N1C(=O)c2ccc3c4c(ccc(c24)C1=O)C(=O)N(C(CC)c1ccccc1)C3=O. The van der Waals surface area contributed by atoms with Crippen LogP contribution in [-0.2, 0) is 0 Å². The minimum Gasteiger partial charge on any atom is -0.271 e. The normalized spacial score (nSPS) is 16.1. The van der Waals surface area contributed by atoms with Crippen molar-refractivity contribution in [1.82, 2.24) is 9.80 Å². The summed E-state index contributed by atoms with van der Waals surface area (Å²) in [5.41, 5.74) is 2.31. The predicted octanol–water partition coefficient (Wildman–Crippen LogP) is 5.37. The van der Waals surface area contributed by atoms with Crippen molar-refractivity contribution < 1.29 is 19.2 Å². The largest absolute Gasteiger partial charge is 0.271 e. The van der Waals surface area contributed by atoms with Crippen LogP contribution in [0.25, 0.3) is 10.8 Å². The Hall–Kier alpha value is -3.80. The van der Waals surface area contributed by atoms with Crippen molar-refractivity contribution >= 4 is 34.4 Å². The molecular formula is C28H26N2O4. The van der Waals surface area contributed by atoms with Crippen molar-refractivity contribution in [1.29, 1.82) is 0 Å². The highest BCUT2D eigenvalue weighted by atomic mass is 16.2. The molecule has 3 aromatic carbocycles. The van der Waals surface area contributed by atoms with E-state index in [1.807, 2.05) is 51.1 Å². The van der Waals surface area contributed by atoms with Gasteiger partial charge in [-0.1, -0.05) is 51.1 Å². The summed E-state index contributed by atoms with van der Waals surface area (Å²) in [5, 5.41) is 0.830. The van der Waals surface area contributed by atoms with Gasteiger partial charge in [-0.15, -0.1) is 0 Å². The third-order valence-electron chi connectivity index (χ3n) is 7.15. The minimum absolute atomic E-state index is 0.203. The molecule has 2 aliphatic rings. The van der Waals surface area contributed by atoms with Crippen LogP contribution in [0, 0.1) is 0 Å². The molecule has 0 bridgehead atoms. The first kappa shape index (κ1) is 22.0. The van der Waals surface area contributed by atoms with E-state index in [-0.39, 0.29) is 17.9 Å². The summed E-state index contributed by atoms with van der Waals surface area (Å²) in [6.07, 6.45) is 1.89. The topological polar surface area (TPSA) is 74.8 Å². The monoisotopic (exact) mass is 454 g/mol. The average Bonchev–Trinajstić information content (AvgIpc) is 2.86. The first-order valence-electron chi connectivity index (χ1n) is 11.8. The number of rotatable bonds is 6. The van der Waals surface area contributed by atoms with E-state index >= 15 is 0 Å². The van der Waals surface area contributed by atoms with E-state index in [1.54, 1.807) is 24.3 Å². The maximum atomic E-state index is 13.7. The highest BCUT2D eigenvalue weighted by Gasteiger charge is 2.42. The summed E-state index contributed by atoms with van der Waals surface area (Å²) in [6, 6.07) is 15.4. The van der Waals surface area contributed by atoms with Gasteiger partial charge in [0.05, 0.1) is 6.04 Å². The summed E-state index contributed by atoms with van der Waals surface area (Å²) >= 11 is 0. The summed E-state index contributed by atoms with van der Waals surface area (Å²) in [6.45, 7) is 5.85. The first-order valence-corrected chi connectivity index (χ1v) is 11.8. The van der Waals surface area contributed by atoms with Gasteiger partial charge >= 0.3 is 0 Å². The lowest BCUT2D eigenvalue weighted by Gasteiger charge is -2.36. The number of nitrogens with zero attached hydrogens (tertiary/aromatic N) is 2. The smallest absolute Gasteiger partial charge is 0.261 e. The molecule has 6 nitrogen and oxygen atoms in total. The zero-order valence-electron chi connectivity index (χ0n) is 19.5. The Bertz CT molecular complexity index is 1290. The molecule has 2 aliphatic heterocycles. The lowest BCUT2D eigenvalue weighted by atomic mass is 9.84. The van der Waals surface area contributed by atoms with Gasteiger partial charge in [-0.2, -0.15) is 0 Å². The van der Waals surface area contributed by atoms with Crippen molar-refractivity contribution in [2.75, 3.05) is 0 Å². The Kier molecular flexibility index (Phi) is 5.31. The van der Waals surface area contributed by atoms with Crippen molar-refractivity contribution in [3.05, 3.63) is 82.4 Å². The molecule has 34 heavy (non-hydrogen) atoms. The summed E-state index contributed by atoms with van der Waals surface area (Å²) < 4.78 is 0. The number of imide groups is 2.